The second kappa shape index (κ2) is 10.0. The Bertz CT molecular complexity index is 1030. The Labute approximate surface area is 191 Å². The van der Waals surface area contributed by atoms with Gasteiger partial charge in [-0.3, -0.25) is 19.3 Å². The Hall–Kier alpha value is -3.10. The summed E-state index contributed by atoms with van der Waals surface area (Å²) in [4.78, 5) is 40.3. The van der Waals surface area contributed by atoms with Crippen molar-refractivity contribution < 1.29 is 23.9 Å². The van der Waals surface area contributed by atoms with Crippen molar-refractivity contribution in [2.45, 2.75) is 13.5 Å². The molecule has 3 amide bonds. The minimum absolute atomic E-state index is 0.242. The largest absolute Gasteiger partial charge is 0.489 e. The Morgan fingerprint density at radius 2 is 1.75 bits per heavy atom. The van der Waals surface area contributed by atoms with Crippen LogP contribution in [0.4, 0.5) is 4.79 Å². The van der Waals surface area contributed by atoms with E-state index in [0.29, 0.717) is 43.6 Å². The zero-order chi connectivity index (χ0) is 22.5. The molecular formula is C24H24N2O5S. The van der Waals surface area contributed by atoms with Crippen LogP contribution in [-0.4, -0.2) is 59.7 Å². The van der Waals surface area contributed by atoms with Gasteiger partial charge in [0.2, 0.25) is 5.91 Å². The molecule has 2 heterocycles. The summed E-state index contributed by atoms with van der Waals surface area (Å²) in [6.45, 7) is 4.16. The fourth-order valence-electron chi connectivity index (χ4n) is 3.35. The predicted octanol–water partition coefficient (Wildman–Crippen LogP) is 3.47. The first-order valence-corrected chi connectivity index (χ1v) is 11.2. The molecule has 2 aliphatic rings. The Morgan fingerprint density at radius 3 is 2.44 bits per heavy atom. The summed E-state index contributed by atoms with van der Waals surface area (Å²) >= 11 is 0.850. The zero-order valence-corrected chi connectivity index (χ0v) is 18.6. The molecule has 8 heteroatoms. The SMILES string of the molecule is Cc1ccc(COc2ccc(/C=C3/SC(=O)N(CC(=O)N4CCOCC4)C3=O)cc2)cc1. The van der Waals surface area contributed by atoms with Gasteiger partial charge in [-0.25, -0.2) is 0 Å². The highest BCUT2D eigenvalue weighted by Gasteiger charge is 2.37. The lowest BCUT2D eigenvalue weighted by Gasteiger charge is -2.28. The number of amides is 3. The van der Waals surface area contributed by atoms with Gasteiger partial charge in [0, 0.05) is 13.1 Å². The molecule has 0 N–H and O–H groups in total. The number of imide groups is 1. The summed E-state index contributed by atoms with van der Waals surface area (Å²) < 4.78 is 11.0. The van der Waals surface area contributed by atoms with E-state index in [2.05, 4.69) is 0 Å². The molecule has 0 bridgehead atoms. The monoisotopic (exact) mass is 452 g/mol. The maximum absolute atomic E-state index is 12.7. The Kier molecular flexibility index (Phi) is 6.92. The van der Waals surface area contributed by atoms with Gasteiger partial charge in [-0.2, -0.15) is 0 Å². The van der Waals surface area contributed by atoms with Gasteiger partial charge in [0.05, 0.1) is 18.1 Å². The van der Waals surface area contributed by atoms with E-state index >= 15 is 0 Å². The quantitative estimate of drug-likeness (QED) is 0.625. The average molecular weight is 453 g/mol. The highest BCUT2D eigenvalue weighted by atomic mass is 32.2. The minimum atomic E-state index is -0.443. The van der Waals surface area contributed by atoms with Crippen LogP contribution < -0.4 is 4.74 Å². The summed E-state index contributed by atoms with van der Waals surface area (Å²) in [5, 5.41) is -0.430. The van der Waals surface area contributed by atoms with E-state index in [1.165, 1.54) is 5.56 Å². The van der Waals surface area contributed by atoms with Crippen LogP contribution >= 0.6 is 11.8 Å². The standard InChI is InChI=1S/C24H24N2O5S/c1-17-2-4-19(5-3-17)16-31-20-8-6-18(7-9-20)14-21-23(28)26(24(29)32-21)15-22(27)25-10-12-30-13-11-25/h2-9,14H,10-13,15-16H2,1H3/b21-14+. The number of rotatable bonds is 6. The number of benzene rings is 2. The molecule has 7 nitrogen and oxygen atoms in total. The molecule has 166 valence electrons. The summed E-state index contributed by atoms with van der Waals surface area (Å²) in [6.07, 6.45) is 1.66. The number of ether oxygens (including phenoxy) is 2. The van der Waals surface area contributed by atoms with E-state index in [1.807, 2.05) is 55.5 Å². The maximum Gasteiger partial charge on any atom is 0.294 e. The number of hydrogen-bond acceptors (Lipinski definition) is 6. The van der Waals surface area contributed by atoms with Gasteiger partial charge in [-0.15, -0.1) is 0 Å². The number of aryl methyl sites for hydroxylation is 1. The summed E-state index contributed by atoms with van der Waals surface area (Å²) in [5.41, 5.74) is 3.06. The van der Waals surface area contributed by atoms with Crippen LogP contribution in [0.5, 0.6) is 5.75 Å². The molecule has 2 aromatic rings. The second-order valence-electron chi connectivity index (χ2n) is 7.60. The first kappa shape index (κ1) is 22.1. The van der Waals surface area contributed by atoms with E-state index in [9.17, 15) is 14.4 Å². The highest BCUT2D eigenvalue weighted by molar-refractivity contribution is 8.18. The average Bonchev–Trinajstić information content (AvgIpc) is 3.07. The van der Waals surface area contributed by atoms with E-state index in [1.54, 1.807) is 11.0 Å². The smallest absolute Gasteiger partial charge is 0.294 e. The number of morpholine rings is 1. The summed E-state index contributed by atoms with van der Waals surface area (Å²) in [7, 11) is 0. The number of hydrogen-bond donors (Lipinski definition) is 0. The number of thioether (sulfide) groups is 1. The minimum Gasteiger partial charge on any atom is -0.489 e. The molecule has 0 aromatic heterocycles. The molecule has 0 saturated carbocycles. The number of carbonyl (C=O) groups excluding carboxylic acids is 3. The molecule has 0 atom stereocenters. The fraction of sp³-hybridized carbons (Fsp3) is 0.292. The molecule has 0 spiro atoms. The topological polar surface area (TPSA) is 76.2 Å². The van der Waals surface area contributed by atoms with Gasteiger partial charge in [0.15, 0.2) is 0 Å². The second-order valence-corrected chi connectivity index (χ2v) is 8.60. The van der Waals surface area contributed by atoms with Crippen molar-refractivity contribution in [3.8, 4) is 5.75 Å². The third-order valence-corrected chi connectivity index (χ3v) is 6.14. The molecule has 0 aliphatic carbocycles. The molecule has 0 unspecified atom stereocenters. The van der Waals surface area contributed by atoms with Crippen molar-refractivity contribution in [3.05, 3.63) is 70.1 Å². The van der Waals surface area contributed by atoms with Gasteiger partial charge in [0.25, 0.3) is 11.1 Å². The van der Waals surface area contributed by atoms with Crippen LogP contribution in [0.1, 0.15) is 16.7 Å². The van der Waals surface area contributed by atoms with Crippen LogP contribution in [0.2, 0.25) is 0 Å². The molecule has 2 aliphatic heterocycles. The lowest BCUT2D eigenvalue weighted by Crippen LogP contribution is -2.46. The predicted molar refractivity (Wildman–Crippen MR) is 122 cm³/mol. The van der Waals surface area contributed by atoms with Crippen LogP contribution in [-0.2, 0) is 20.9 Å². The zero-order valence-electron chi connectivity index (χ0n) is 17.8. The van der Waals surface area contributed by atoms with Crippen molar-refractivity contribution in [3.63, 3.8) is 0 Å². The first-order valence-electron chi connectivity index (χ1n) is 10.4. The van der Waals surface area contributed by atoms with Crippen molar-refractivity contribution in [1.29, 1.82) is 0 Å². The third-order valence-electron chi connectivity index (χ3n) is 5.23. The highest BCUT2D eigenvalue weighted by Crippen LogP contribution is 2.32. The van der Waals surface area contributed by atoms with Gasteiger partial charge in [0.1, 0.15) is 18.9 Å². The van der Waals surface area contributed by atoms with Crippen LogP contribution in [0, 0.1) is 6.92 Å². The van der Waals surface area contributed by atoms with Gasteiger partial charge >= 0.3 is 0 Å². The normalized spacial score (nSPS) is 17.8. The molecule has 32 heavy (non-hydrogen) atoms. The van der Waals surface area contributed by atoms with E-state index in [0.717, 1.165) is 27.8 Å². The Balaban J connectivity index is 1.35. The van der Waals surface area contributed by atoms with Gasteiger partial charge < -0.3 is 14.4 Å². The third kappa shape index (κ3) is 5.38. The molecular weight excluding hydrogens is 428 g/mol. The van der Waals surface area contributed by atoms with E-state index in [4.69, 9.17) is 9.47 Å². The molecule has 4 rings (SSSR count). The van der Waals surface area contributed by atoms with E-state index in [-0.39, 0.29) is 12.5 Å². The van der Waals surface area contributed by atoms with Crippen LogP contribution in [0.3, 0.4) is 0 Å². The maximum atomic E-state index is 12.7. The lowest BCUT2D eigenvalue weighted by molar-refractivity contribution is -0.139. The lowest BCUT2D eigenvalue weighted by atomic mass is 10.1. The van der Waals surface area contributed by atoms with E-state index < -0.39 is 11.1 Å². The first-order chi connectivity index (χ1) is 15.5. The molecule has 2 saturated heterocycles. The van der Waals surface area contributed by atoms with Crippen LogP contribution in [0.15, 0.2) is 53.4 Å². The number of carbonyl (C=O) groups is 3. The summed E-state index contributed by atoms with van der Waals surface area (Å²) in [6, 6.07) is 15.5. The molecule has 2 fully saturated rings. The van der Waals surface area contributed by atoms with Crippen molar-refractivity contribution in [2.75, 3.05) is 32.8 Å². The number of nitrogens with zero attached hydrogens (tertiary/aromatic N) is 2. The van der Waals surface area contributed by atoms with Gasteiger partial charge in [-0.1, -0.05) is 42.0 Å². The molecule has 0 radical (unpaired) electrons. The van der Waals surface area contributed by atoms with Gasteiger partial charge in [-0.05, 0) is 48.0 Å². The fourth-order valence-corrected chi connectivity index (χ4v) is 4.19. The van der Waals surface area contributed by atoms with Crippen LogP contribution in [0.25, 0.3) is 6.08 Å². The van der Waals surface area contributed by atoms with Crippen molar-refractivity contribution >= 4 is 34.9 Å². The Morgan fingerprint density at radius 1 is 1.06 bits per heavy atom. The molecule has 2 aromatic carbocycles. The van der Waals surface area contributed by atoms with Crippen molar-refractivity contribution in [1.82, 2.24) is 9.80 Å². The summed E-state index contributed by atoms with van der Waals surface area (Å²) in [5.74, 6) is 0.0279. The van der Waals surface area contributed by atoms with Crippen molar-refractivity contribution in [2.24, 2.45) is 0 Å².